The van der Waals surface area contributed by atoms with Crippen molar-refractivity contribution in [2.24, 2.45) is 0 Å². The van der Waals surface area contributed by atoms with Crippen molar-refractivity contribution in [1.82, 2.24) is 4.98 Å². The van der Waals surface area contributed by atoms with Gasteiger partial charge in [0.15, 0.2) is 0 Å². The van der Waals surface area contributed by atoms with E-state index in [2.05, 4.69) is 15.6 Å². The fraction of sp³-hybridized carbons (Fsp3) is 0.214. The number of halogens is 2. The first-order chi connectivity index (χ1) is 9.19. The molecule has 0 saturated heterocycles. The molecule has 2 rings (SSSR count). The van der Waals surface area contributed by atoms with Gasteiger partial charge in [0.2, 0.25) is 0 Å². The molecule has 1 aromatic carbocycles. The topological polar surface area (TPSA) is 37.0 Å². The van der Waals surface area contributed by atoms with Crippen LogP contribution in [-0.2, 0) is 6.42 Å². The number of nitrogens with one attached hydrogen (secondary N) is 2. The highest BCUT2D eigenvalue weighted by molar-refractivity contribution is 6.35. The number of anilines is 2. The molecule has 0 saturated carbocycles. The molecule has 0 aliphatic heterocycles. The van der Waals surface area contributed by atoms with Crippen molar-refractivity contribution in [2.75, 3.05) is 24.2 Å². The first-order valence-corrected chi connectivity index (χ1v) is 6.77. The first kappa shape index (κ1) is 14.0. The van der Waals surface area contributed by atoms with Crippen LogP contribution in [0.2, 0.25) is 10.0 Å². The lowest BCUT2D eigenvalue weighted by Crippen LogP contribution is -2.07. The maximum Gasteiger partial charge on any atom is 0.128 e. The molecule has 3 nitrogen and oxygen atoms in total. The van der Waals surface area contributed by atoms with Crippen molar-refractivity contribution in [3.63, 3.8) is 0 Å². The van der Waals surface area contributed by atoms with Crippen molar-refractivity contribution in [1.29, 1.82) is 0 Å². The van der Waals surface area contributed by atoms with Gasteiger partial charge in [0, 0.05) is 23.6 Å². The molecule has 19 heavy (non-hydrogen) atoms. The number of hydrogen-bond donors (Lipinski definition) is 2. The highest BCUT2D eigenvalue weighted by Crippen LogP contribution is 2.21. The van der Waals surface area contributed by atoms with E-state index in [0.29, 0.717) is 10.0 Å². The zero-order valence-electron chi connectivity index (χ0n) is 10.6. The van der Waals surface area contributed by atoms with Crippen LogP contribution in [0.15, 0.2) is 36.4 Å². The molecule has 0 unspecified atom stereocenters. The van der Waals surface area contributed by atoms with Crippen LogP contribution in [0, 0.1) is 0 Å². The largest absolute Gasteiger partial charge is 0.373 e. The minimum Gasteiger partial charge on any atom is -0.373 e. The Morgan fingerprint density at radius 2 is 1.89 bits per heavy atom. The van der Waals surface area contributed by atoms with E-state index >= 15 is 0 Å². The monoisotopic (exact) mass is 295 g/mol. The summed E-state index contributed by atoms with van der Waals surface area (Å²) in [5.74, 6) is 1.69. The predicted molar refractivity (Wildman–Crippen MR) is 82.4 cm³/mol. The first-order valence-electron chi connectivity index (χ1n) is 6.01. The quantitative estimate of drug-likeness (QED) is 0.872. The summed E-state index contributed by atoms with van der Waals surface area (Å²) in [6, 6.07) is 11.4. The second-order valence-corrected chi connectivity index (χ2v) is 4.91. The van der Waals surface area contributed by atoms with Crippen molar-refractivity contribution < 1.29 is 0 Å². The molecular weight excluding hydrogens is 281 g/mol. The summed E-state index contributed by atoms with van der Waals surface area (Å²) in [4.78, 5) is 4.38. The molecule has 0 spiro atoms. The van der Waals surface area contributed by atoms with Crippen molar-refractivity contribution in [3.05, 3.63) is 52.0 Å². The van der Waals surface area contributed by atoms with E-state index in [4.69, 9.17) is 23.2 Å². The summed E-state index contributed by atoms with van der Waals surface area (Å²) in [5.41, 5.74) is 1.07. The van der Waals surface area contributed by atoms with Gasteiger partial charge < -0.3 is 10.6 Å². The summed E-state index contributed by atoms with van der Waals surface area (Å²) in [7, 11) is 1.85. The second-order valence-electron chi connectivity index (χ2n) is 4.07. The van der Waals surface area contributed by atoms with E-state index in [1.807, 2.05) is 37.4 Å². The molecule has 0 radical (unpaired) electrons. The summed E-state index contributed by atoms with van der Waals surface area (Å²) in [6.07, 6.45) is 0.821. The van der Waals surface area contributed by atoms with E-state index in [-0.39, 0.29) is 0 Å². The van der Waals surface area contributed by atoms with E-state index in [1.165, 1.54) is 0 Å². The normalized spacial score (nSPS) is 10.3. The molecule has 0 bridgehead atoms. The number of nitrogens with zero attached hydrogens (tertiary/aromatic N) is 1. The van der Waals surface area contributed by atoms with Gasteiger partial charge in [-0.05, 0) is 36.2 Å². The van der Waals surface area contributed by atoms with Gasteiger partial charge in [-0.3, -0.25) is 0 Å². The molecule has 1 heterocycles. The fourth-order valence-corrected chi connectivity index (χ4v) is 2.23. The zero-order chi connectivity index (χ0) is 13.7. The van der Waals surface area contributed by atoms with Crippen LogP contribution in [0.1, 0.15) is 5.56 Å². The second kappa shape index (κ2) is 6.64. The summed E-state index contributed by atoms with van der Waals surface area (Å²) in [5, 5.41) is 7.63. The van der Waals surface area contributed by atoms with Gasteiger partial charge in [0.1, 0.15) is 11.6 Å². The number of rotatable bonds is 5. The molecule has 0 fully saturated rings. The van der Waals surface area contributed by atoms with Gasteiger partial charge in [-0.2, -0.15) is 0 Å². The number of aromatic nitrogens is 1. The molecule has 0 amide bonds. The molecule has 0 aliphatic carbocycles. The molecule has 2 N–H and O–H groups in total. The Bertz CT molecular complexity index is 558. The number of hydrogen-bond acceptors (Lipinski definition) is 3. The van der Waals surface area contributed by atoms with E-state index in [1.54, 1.807) is 6.07 Å². The summed E-state index contributed by atoms with van der Waals surface area (Å²) < 4.78 is 0. The standard InChI is InChI=1S/C14H15Cl2N3/c1-17-13-3-2-4-14(19-13)18-8-7-10-5-6-11(15)9-12(10)16/h2-6,9H,7-8H2,1H3,(H2,17,18,19). The Morgan fingerprint density at radius 1 is 1.11 bits per heavy atom. The molecule has 0 aliphatic rings. The van der Waals surface area contributed by atoms with Crippen LogP contribution in [0.3, 0.4) is 0 Å². The molecule has 0 atom stereocenters. The third kappa shape index (κ3) is 4.01. The van der Waals surface area contributed by atoms with Gasteiger partial charge in [-0.25, -0.2) is 4.98 Å². The van der Waals surface area contributed by atoms with Crippen molar-refractivity contribution in [3.8, 4) is 0 Å². The highest BCUT2D eigenvalue weighted by Gasteiger charge is 2.01. The van der Waals surface area contributed by atoms with Crippen LogP contribution in [0.25, 0.3) is 0 Å². The van der Waals surface area contributed by atoms with Crippen LogP contribution in [0.4, 0.5) is 11.6 Å². The molecule has 5 heteroatoms. The predicted octanol–water partition coefficient (Wildman–Crippen LogP) is 4.08. The summed E-state index contributed by atoms with van der Waals surface area (Å²) in [6.45, 7) is 0.765. The zero-order valence-corrected chi connectivity index (χ0v) is 12.1. The third-order valence-electron chi connectivity index (χ3n) is 2.72. The fourth-order valence-electron chi connectivity index (χ4n) is 1.72. The Labute approximate surface area is 123 Å². The molecule has 2 aromatic rings. The van der Waals surface area contributed by atoms with Crippen molar-refractivity contribution >= 4 is 34.8 Å². The third-order valence-corrected chi connectivity index (χ3v) is 3.31. The molecule has 100 valence electrons. The SMILES string of the molecule is CNc1cccc(NCCc2ccc(Cl)cc2Cl)n1. The number of benzene rings is 1. The van der Waals surface area contributed by atoms with Gasteiger partial charge in [-0.15, -0.1) is 0 Å². The maximum atomic E-state index is 6.12. The average molecular weight is 296 g/mol. The van der Waals surface area contributed by atoms with E-state index in [9.17, 15) is 0 Å². The minimum absolute atomic E-state index is 0.657. The smallest absolute Gasteiger partial charge is 0.128 e. The minimum atomic E-state index is 0.657. The summed E-state index contributed by atoms with van der Waals surface area (Å²) >= 11 is 12.0. The average Bonchev–Trinajstić information content (AvgIpc) is 2.41. The van der Waals surface area contributed by atoms with Gasteiger partial charge >= 0.3 is 0 Å². The van der Waals surface area contributed by atoms with Crippen LogP contribution in [0.5, 0.6) is 0 Å². The Balaban J connectivity index is 1.92. The van der Waals surface area contributed by atoms with Gasteiger partial charge in [0.05, 0.1) is 0 Å². The lowest BCUT2D eigenvalue weighted by atomic mass is 10.1. The lowest BCUT2D eigenvalue weighted by molar-refractivity contribution is 1.01. The van der Waals surface area contributed by atoms with E-state index in [0.717, 1.165) is 30.2 Å². The van der Waals surface area contributed by atoms with Crippen LogP contribution >= 0.6 is 23.2 Å². The molecule has 1 aromatic heterocycles. The van der Waals surface area contributed by atoms with Gasteiger partial charge in [0.25, 0.3) is 0 Å². The Morgan fingerprint density at radius 3 is 2.63 bits per heavy atom. The lowest BCUT2D eigenvalue weighted by Gasteiger charge is -2.08. The van der Waals surface area contributed by atoms with Crippen molar-refractivity contribution in [2.45, 2.75) is 6.42 Å². The number of pyridine rings is 1. The van der Waals surface area contributed by atoms with Crippen LogP contribution in [-0.4, -0.2) is 18.6 Å². The van der Waals surface area contributed by atoms with Gasteiger partial charge in [-0.1, -0.05) is 35.3 Å². The van der Waals surface area contributed by atoms with E-state index < -0.39 is 0 Å². The Kier molecular flexibility index (Phi) is 4.88. The maximum absolute atomic E-state index is 6.12. The molecular formula is C14H15Cl2N3. The highest BCUT2D eigenvalue weighted by atomic mass is 35.5. The Hall–Kier alpha value is -1.45. The van der Waals surface area contributed by atoms with Crippen LogP contribution < -0.4 is 10.6 Å².